The predicted octanol–water partition coefficient (Wildman–Crippen LogP) is 1.64. The first-order valence-corrected chi connectivity index (χ1v) is 9.74. The van der Waals surface area contributed by atoms with E-state index in [1.54, 1.807) is 43.3 Å². The van der Waals surface area contributed by atoms with E-state index in [2.05, 4.69) is 47.7 Å². The molecule has 0 bridgehead atoms. The second-order valence-electron chi connectivity index (χ2n) is 6.76. The van der Waals surface area contributed by atoms with E-state index in [1.807, 2.05) is 6.92 Å². The van der Waals surface area contributed by atoms with Gasteiger partial charge in [0.2, 0.25) is 0 Å². The van der Waals surface area contributed by atoms with Crippen LogP contribution in [-0.4, -0.2) is 49.6 Å². The Morgan fingerprint density at radius 1 is 1.07 bits per heavy atom. The fourth-order valence-corrected chi connectivity index (χ4v) is 3.45. The van der Waals surface area contributed by atoms with Gasteiger partial charge in [-0.2, -0.15) is 5.10 Å². The van der Waals surface area contributed by atoms with Crippen LogP contribution in [0.2, 0.25) is 0 Å². The van der Waals surface area contributed by atoms with E-state index in [1.165, 1.54) is 0 Å². The number of hydrogen-bond acceptors (Lipinski definition) is 7. The summed E-state index contributed by atoms with van der Waals surface area (Å²) >= 11 is 0. The summed E-state index contributed by atoms with van der Waals surface area (Å²) in [7, 11) is 0. The fraction of sp³-hybridized carbons (Fsp3) is 0.238. The quantitative estimate of drug-likeness (QED) is 0.408. The number of carbonyl (C=O) groups is 1. The predicted molar refractivity (Wildman–Crippen MR) is 113 cm³/mol. The molecular weight excluding hydrogens is 380 g/mol. The Morgan fingerprint density at radius 2 is 1.80 bits per heavy atom. The number of aromatic amines is 1. The molecule has 1 aliphatic rings. The Kier molecular flexibility index (Phi) is 5.71. The van der Waals surface area contributed by atoms with E-state index in [0.29, 0.717) is 17.0 Å². The molecule has 1 aliphatic heterocycles. The van der Waals surface area contributed by atoms with Crippen LogP contribution in [-0.2, 0) is 11.2 Å². The topological polar surface area (TPSA) is 121 Å². The van der Waals surface area contributed by atoms with Gasteiger partial charge < -0.3 is 10.3 Å². The Bertz CT molecular complexity index is 1100. The highest BCUT2D eigenvalue weighted by molar-refractivity contribution is 6.32. The standard InChI is InChI=1S/C21H22N8O/c1-3-22-5-4-14-13(2)27-16(19(14)17-11-23-6-8-25-17)10-15-20(28-29-21(15)30)18-12-24-7-9-26-18/h6-12,22,27H,3-5H2,1-2H3,(H,29,30)/b15-10+. The number of nitrogens with one attached hydrogen (secondary N) is 3. The van der Waals surface area contributed by atoms with Gasteiger partial charge in [-0.25, -0.2) is 5.43 Å². The van der Waals surface area contributed by atoms with Gasteiger partial charge in [-0.1, -0.05) is 6.92 Å². The van der Waals surface area contributed by atoms with E-state index in [-0.39, 0.29) is 5.91 Å². The molecule has 0 unspecified atom stereocenters. The molecule has 0 fully saturated rings. The summed E-state index contributed by atoms with van der Waals surface area (Å²) in [6, 6.07) is 0. The van der Waals surface area contributed by atoms with E-state index >= 15 is 0 Å². The number of carbonyl (C=O) groups excluding carboxylic acids is 1. The number of likely N-dealkylation sites (N-methyl/N-ethyl adjacent to an activating group) is 1. The molecule has 9 nitrogen and oxygen atoms in total. The number of hydrogen-bond donors (Lipinski definition) is 3. The molecule has 1 amide bonds. The average Bonchev–Trinajstić information content (AvgIpc) is 3.29. The van der Waals surface area contributed by atoms with Gasteiger partial charge in [-0.3, -0.25) is 24.7 Å². The van der Waals surface area contributed by atoms with Crippen LogP contribution in [0.5, 0.6) is 0 Å². The molecule has 9 heteroatoms. The monoisotopic (exact) mass is 402 g/mol. The van der Waals surface area contributed by atoms with Crippen molar-refractivity contribution in [3.05, 3.63) is 65.4 Å². The van der Waals surface area contributed by atoms with Gasteiger partial charge in [0.1, 0.15) is 11.4 Å². The number of amides is 1. The fourth-order valence-electron chi connectivity index (χ4n) is 3.45. The highest BCUT2D eigenvalue weighted by Crippen LogP contribution is 2.31. The highest BCUT2D eigenvalue weighted by Gasteiger charge is 2.27. The van der Waals surface area contributed by atoms with Gasteiger partial charge >= 0.3 is 0 Å². The van der Waals surface area contributed by atoms with Crippen molar-refractivity contribution in [1.82, 2.24) is 35.7 Å². The van der Waals surface area contributed by atoms with Gasteiger partial charge in [0.25, 0.3) is 5.91 Å². The molecule has 0 aliphatic carbocycles. The van der Waals surface area contributed by atoms with Crippen LogP contribution in [0.4, 0.5) is 0 Å². The lowest BCUT2D eigenvalue weighted by atomic mass is 10.00. The molecule has 0 radical (unpaired) electrons. The molecule has 3 aromatic rings. The van der Waals surface area contributed by atoms with Crippen LogP contribution >= 0.6 is 0 Å². The summed E-state index contributed by atoms with van der Waals surface area (Å²) in [5.41, 5.74) is 8.55. The third-order valence-electron chi connectivity index (χ3n) is 4.83. The zero-order valence-corrected chi connectivity index (χ0v) is 16.8. The van der Waals surface area contributed by atoms with Crippen molar-refractivity contribution in [2.24, 2.45) is 5.10 Å². The molecule has 3 aromatic heterocycles. The lowest BCUT2D eigenvalue weighted by molar-refractivity contribution is -0.116. The van der Waals surface area contributed by atoms with Crippen LogP contribution in [0.25, 0.3) is 17.3 Å². The maximum Gasteiger partial charge on any atom is 0.273 e. The van der Waals surface area contributed by atoms with Gasteiger partial charge in [-0.05, 0) is 38.1 Å². The Morgan fingerprint density at radius 3 is 2.47 bits per heavy atom. The van der Waals surface area contributed by atoms with Crippen molar-refractivity contribution in [3.8, 4) is 11.3 Å². The minimum atomic E-state index is -0.290. The molecule has 0 saturated carbocycles. The van der Waals surface area contributed by atoms with Gasteiger partial charge in [0.15, 0.2) is 0 Å². The van der Waals surface area contributed by atoms with Crippen molar-refractivity contribution in [2.75, 3.05) is 13.1 Å². The second kappa shape index (κ2) is 8.75. The van der Waals surface area contributed by atoms with E-state index in [4.69, 9.17) is 0 Å². The Hall–Kier alpha value is -3.72. The maximum atomic E-state index is 12.5. The number of aryl methyl sites for hydroxylation is 1. The van der Waals surface area contributed by atoms with Crippen molar-refractivity contribution < 1.29 is 4.79 Å². The van der Waals surface area contributed by atoms with Crippen molar-refractivity contribution in [1.29, 1.82) is 0 Å². The first kappa shape index (κ1) is 19.6. The summed E-state index contributed by atoms with van der Waals surface area (Å²) in [4.78, 5) is 33.0. The van der Waals surface area contributed by atoms with Crippen molar-refractivity contribution in [2.45, 2.75) is 20.3 Å². The molecule has 152 valence electrons. The van der Waals surface area contributed by atoms with Crippen LogP contribution in [0.15, 0.2) is 47.9 Å². The van der Waals surface area contributed by atoms with Crippen molar-refractivity contribution in [3.63, 3.8) is 0 Å². The second-order valence-corrected chi connectivity index (χ2v) is 6.76. The van der Waals surface area contributed by atoms with E-state index < -0.39 is 0 Å². The number of hydrazone groups is 1. The summed E-state index contributed by atoms with van der Waals surface area (Å²) in [5, 5.41) is 7.51. The number of rotatable bonds is 7. The number of H-pyrrole nitrogens is 1. The molecule has 0 aromatic carbocycles. The molecule has 4 rings (SSSR count). The average molecular weight is 402 g/mol. The Balaban J connectivity index is 1.81. The number of aromatic nitrogens is 5. The molecule has 0 spiro atoms. The maximum absolute atomic E-state index is 12.5. The lowest BCUT2D eigenvalue weighted by Crippen LogP contribution is -2.16. The minimum absolute atomic E-state index is 0.290. The van der Waals surface area contributed by atoms with Gasteiger partial charge in [0, 0.05) is 41.7 Å². The summed E-state index contributed by atoms with van der Waals surface area (Å²) < 4.78 is 0. The summed E-state index contributed by atoms with van der Waals surface area (Å²) in [6.07, 6.45) is 12.4. The van der Waals surface area contributed by atoms with Crippen LogP contribution in [0.1, 0.15) is 29.6 Å². The number of nitrogens with zero attached hydrogens (tertiary/aromatic N) is 5. The first-order valence-electron chi connectivity index (χ1n) is 9.74. The van der Waals surface area contributed by atoms with Crippen LogP contribution in [0, 0.1) is 6.92 Å². The largest absolute Gasteiger partial charge is 0.358 e. The lowest BCUT2D eigenvalue weighted by Gasteiger charge is -2.07. The third kappa shape index (κ3) is 3.87. The smallest absolute Gasteiger partial charge is 0.273 e. The Labute approximate surface area is 173 Å². The molecule has 0 saturated heterocycles. The highest BCUT2D eigenvalue weighted by atomic mass is 16.2. The SMILES string of the molecule is CCNCCc1c(C)[nH]c(/C=C2/C(=O)NN=C2c2cnccn2)c1-c1cnccn1. The van der Waals surface area contributed by atoms with Crippen LogP contribution < -0.4 is 10.7 Å². The first-order chi connectivity index (χ1) is 14.7. The molecular formula is C21H22N8O. The van der Waals surface area contributed by atoms with E-state index in [9.17, 15) is 4.79 Å². The van der Waals surface area contributed by atoms with Gasteiger partial charge in [-0.15, -0.1) is 0 Å². The van der Waals surface area contributed by atoms with Crippen LogP contribution in [0.3, 0.4) is 0 Å². The molecule has 4 heterocycles. The third-order valence-corrected chi connectivity index (χ3v) is 4.83. The van der Waals surface area contributed by atoms with E-state index in [0.717, 1.165) is 47.7 Å². The molecule has 0 atom stereocenters. The zero-order chi connectivity index (χ0) is 20.9. The minimum Gasteiger partial charge on any atom is -0.358 e. The zero-order valence-electron chi connectivity index (χ0n) is 16.8. The molecule has 3 N–H and O–H groups in total. The van der Waals surface area contributed by atoms with Gasteiger partial charge in [0.05, 0.1) is 23.7 Å². The molecule has 30 heavy (non-hydrogen) atoms. The summed E-state index contributed by atoms with van der Waals surface area (Å²) in [6.45, 7) is 5.84. The summed E-state index contributed by atoms with van der Waals surface area (Å²) in [5.74, 6) is -0.290. The van der Waals surface area contributed by atoms with Crippen molar-refractivity contribution >= 4 is 17.7 Å². The normalized spacial score (nSPS) is 14.8.